The molecule has 4 heteroatoms. The van der Waals surface area contributed by atoms with Crippen LogP contribution in [0.1, 0.15) is 71.6 Å². The van der Waals surface area contributed by atoms with E-state index in [2.05, 4.69) is 12.8 Å². The smallest absolute Gasteiger partial charge is 0.303 e. The van der Waals surface area contributed by atoms with Crippen molar-refractivity contribution < 1.29 is 19.8 Å². The fraction of sp³-hybridized carbons (Fsp3) is 0.739. The molecule has 0 radical (unpaired) electrons. The number of aliphatic carboxylic acids is 1. The predicted molar refractivity (Wildman–Crippen MR) is 104 cm³/mol. The number of aliphatic hydroxyl groups is 1. The van der Waals surface area contributed by atoms with E-state index in [-0.39, 0.29) is 11.8 Å². The summed E-state index contributed by atoms with van der Waals surface area (Å²) >= 11 is 0. The molecule has 148 valence electrons. The molecule has 4 aliphatic carbocycles. The van der Waals surface area contributed by atoms with Crippen LogP contribution < -0.4 is 0 Å². The maximum absolute atomic E-state index is 11.7. The molecule has 0 spiro atoms. The van der Waals surface area contributed by atoms with E-state index in [9.17, 15) is 14.7 Å². The zero-order valence-electron chi connectivity index (χ0n) is 16.5. The molecule has 3 saturated carbocycles. The molecule has 0 aromatic rings. The summed E-state index contributed by atoms with van der Waals surface area (Å²) in [6.45, 7) is 3.83. The van der Waals surface area contributed by atoms with E-state index in [0.29, 0.717) is 29.5 Å². The highest BCUT2D eigenvalue weighted by atomic mass is 16.4. The van der Waals surface area contributed by atoms with Crippen LogP contribution in [0.2, 0.25) is 0 Å². The van der Waals surface area contributed by atoms with E-state index < -0.39 is 11.6 Å². The van der Waals surface area contributed by atoms with Crippen molar-refractivity contribution in [2.45, 2.75) is 77.2 Å². The number of ketones is 1. The Balaban J connectivity index is 0.000000376. The molecule has 0 aromatic heterocycles. The van der Waals surface area contributed by atoms with Gasteiger partial charge in [0.1, 0.15) is 5.60 Å². The third kappa shape index (κ3) is 3.36. The van der Waals surface area contributed by atoms with Gasteiger partial charge in [0, 0.05) is 18.3 Å². The normalized spacial score (nSPS) is 42.4. The summed E-state index contributed by atoms with van der Waals surface area (Å²) < 4.78 is 0. The maximum atomic E-state index is 11.7. The summed E-state index contributed by atoms with van der Waals surface area (Å²) in [5.74, 6) is 4.91. The van der Waals surface area contributed by atoms with Crippen molar-refractivity contribution in [3.05, 3.63) is 11.6 Å². The largest absolute Gasteiger partial charge is 0.481 e. The first kappa shape index (κ1) is 20.1. The van der Waals surface area contributed by atoms with E-state index in [0.717, 1.165) is 44.9 Å². The molecule has 0 bridgehead atoms. The maximum Gasteiger partial charge on any atom is 0.303 e. The van der Waals surface area contributed by atoms with Crippen LogP contribution in [0.25, 0.3) is 0 Å². The molecule has 6 atom stereocenters. The van der Waals surface area contributed by atoms with Crippen LogP contribution >= 0.6 is 0 Å². The van der Waals surface area contributed by atoms with Crippen LogP contribution in [-0.4, -0.2) is 27.6 Å². The second kappa shape index (κ2) is 7.43. The molecule has 2 N–H and O–H groups in total. The summed E-state index contributed by atoms with van der Waals surface area (Å²) in [4.78, 5) is 21.1. The second-order valence-corrected chi connectivity index (χ2v) is 9.05. The van der Waals surface area contributed by atoms with Crippen molar-refractivity contribution in [1.29, 1.82) is 0 Å². The SMILES string of the molecule is C#C[C@]1(O)CC[C@H]2[C@@H]3CCC4=CC(=O)CC[C@@H]4[C@H]3CC[C@@]21C.CCC(=O)O. The molecule has 0 saturated heterocycles. The van der Waals surface area contributed by atoms with Gasteiger partial charge in [0.25, 0.3) is 0 Å². The van der Waals surface area contributed by atoms with Crippen molar-refractivity contribution >= 4 is 11.8 Å². The van der Waals surface area contributed by atoms with Crippen molar-refractivity contribution in [3.8, 4) is 12.3 Å². The molecule has 0 aliphatic heterocycles. The van der Waals surface area contributed by atoms with Gasteiger partial charge in [-0.3, -0.25) is 9.59 Å². The molecule has 4 aliphatic rings. The first-order valence-electron chi connectivity index (χ1n) is 10.4. The van der Waals surface area contributed by atoms with E-state index in [4.69, 9.17) is 11.5 Å². The van der Waals surface area contributed by atoms with Crippen LogP contribution in [0.4, 0.5) is 0 Å². The number of carbonyl (C=O) groups excluding carboxylic acids is 1. The monoisotopic (exact) mass is 372 g/mol. The Morgan fingerprint density at radius 2 is 1.93 bits per heavy atom. The van der Waals surface area contributed by atoms with E-state index in [1.54, 1.807) is 6.92 Å². The third-order valence-corrected chi connectivity index (χ3v) is 7.99. The molecule has 4 rings (SSSR count). The summed E-state index contributed by atoms with van der Waals surface area (Å²) in [6.07, 6.45) is 16.0. The van der Waals surface area contributed by atoms with Gasteiger partial charge in [0.15, 0.2) is 5.78 Å². The van der Waals surface area contributed by atoms with Crippen LogP contribution in [0.3, 0.4) is 0 Å². The molecule has 3 fully saturated rings. The lowest BCUT2D eigenvalue weighted by Gasteiger charge is -2.54. The Kier molecular flexibility index (Phi) is 5.54. The van der Waals surface area contributed by atoms with Crippen LogP contribution in [-0.2, 0) is 9.59 Å². The molecular formula is C23H32O4. The first-order valence-corrected chi connectivity index (χ1v) is 10.4. The Bertz CT molecular complexity index is 687. The van der Waals surface area contributed by atoms with Crippen LogP contribution in [0.15, 0.2) is 11.6 Å². The van der Waals surface area contributed by atoms with Gasteiger partial charge in [-0.05, 0) is 74.7 Å². The van der Waals surface area contributed by atoms with Gasteiger partial charge >= 0.3 is 5.97 Å². The highest BCUT2D eigenvalue weighted by molar-refractivity contribution is 5.91. The topological polar surface area (TPSA) is 74.6 Å². The Morgan fingerprint density at radius 3 is 2.56 bits per heavy atom. The highest BCUT2D eigenvalue weighted by Gasteiger charge is 2.61. The number of hydrogen-bond acceptors (Lipinski definition) is 3. The summed E-state index contributed by atoms with van der Waals surface area (Å²) in [6, 6.07) is 0. The predicted octanol–water partition coefficient (Wildman–Crippen LogP) is 3.97. The number of fused-ring (bicyclic) bond motifs is 5. The molecule has 0 heterocycles. The van der Waals surface area contributed by atoms with E-state index >= 15 is 0 Å². The van der Waals surface area contributed by atoms with Gasteiger partial charge < -0.3 is 10.2 Å². The Morgan fingerprint density at radius 1 is 1.22 bits per heavy atom. The van der Waals surface area contributed by atoms with Crippen molar-refractivity contribution in [1.82, 2.24) is 0 Å². The quantitative estimate of drug-likeness (QED) is 0.683. The highest BCUT2D eigenvalue weighted by Crippen LogP contribution is 2.64. The van der Waals surface area contributed by atoms with E-state index in [1.165, 1.54) is 12.0 Å². The number of carbonyl (C=O) groups is 2. The van der Waals surface area contributed by atoms with Crippen LogP contribution in [0.5, 0.6) is 0 Å². The molecule has 0 amide bonds. The summed E-state index contributed by atoms with van der Waals surface area (Å²) in [7, 11) is 0. The fourth-order valence-corrected chi connectivity index (χ4v) is 6.43. The van der Waals surface area contributed by atoms with Crippen molar-refractivity contribution in [2.75, 3.05) is 0 Å². The fourth-order valence-electron chi connectivity index (χ4n) is 6.43. The molecule has 4 nitrogen and oxygen atoms in total. The number of carboxylic acid groups (broad SMARTS) is 1. The standard InChI is InChI=1S/C20H26O2.C3H6O2/c1-3-20(22)11-9-18-17-6-4-13-12-14(21)5-7-15(13)16(17)8-10-19(18,20)2;1-2-3(4)5/h1,12,15-18,22H,4-11H2,2H3;2H2,1H3,(H,4,5)/t15-,16+,17+,18-,19-,20-;/m0./s1. The number of carboxylic acids is 1. The summed E-state index contributed by atoms with van der Waals surface area (Å²) in [5.41, 5.74) is 0.418. The zero-order valence-corrected chi connectivity index (χ0v) is 16.5. The number of terminal acetylenes is 1. The van der Waals surface area contributed by atoms with Crippen molar-refractivity contribution in [3.63, 3.8) is 0 Å². The Labute approximate surface area is 162 Å². The van der Waals surface area contributed by atoms with Crippen molar-refractivity contribution in [2.24, 2.45) is 29.1 Å². The Hall–Kier alpha value is -1.60. The minimum atomic E-state index is -0.902. The minimum Gasteiger partial charge on any atom is -0.481 e. The van der Waals surface area contributed by atoms with Gasteiger partial charge in [-0.2, -0.15) is 0 Å². The average Bonchev–Trinajstić information content (AvgIpc) is 2.93. The summed E-state index contributed by atoms with van der Waals surface area (Å²) in [5, 5.41) is 18.6. The average molecular weight is 373 g/mol. The lowest BCUT2D eigenvalue weighted by Crippen LogP contribution is -2.52. The van der Waals surface area contributed by atoms with E-state index in [1.807, 2.05) is 6.08 Å². The van der Waals surface area contributed by atoms with Gasteiger partial charge in [0.2, 0.25) is 0 Å². The van der Waals surface area contributed by atoms with Crippen LogP contribution in [0, 0.1) is 41.4 Å². The van der Waals surface area contributed by atoms with Gasteiger partial charge in [-0.25, -0.2) is 0 Å². The zero-order chi connectivity index (χ0) is 19.8. The second-order valence-electron chi connectivity index (χ2n) is 9.05. The number of rotatable bonds is 1. The number of allylic oxidation sites excluding steroid dienone is 1. The first-order chi connectivity index (χ1) is 12.8. The number of hydrogen-bond donors (Lipinski definition) is 2. The van der Waals surface area contributed by atoms with Gasteiger partial charge in [-0.1, -0.05) is 25.3 Å². The molecule has 0 aromatic carbocycles. The van der Waals surface area contributed by atoms with Gasteiger partial charge in [-0.15, -0.1) is 6.42 Å². The molecule has 27 heavy (non-hydrogen) atoms. The van der Waals surface area contributed by atoms with Gasteiger partial charge in [0.05, 0.1) is 0 Å². The lowest BCUT2D eigenvalue weighted by molar-refractivity contribution is -0.136. The lowest BCUT2D eigenvalue weighted by atomic mass is 9.50. The molecule has 0 unspecified atom stereocenters. The minimum absolute atomic E-state index is 0.103. The third-order valence-electron chi connectivity index (χ3n) is 7.99. The molecular weight excluding hydrogens is 340 g/mol.